The number of anilines is 1. The first-order chi connectivity index (χ1) is 14.0. The molecule has 2 aromatic rings. The van der Waals surface area contributed by atoms with Crippen LogP contribution < -0.4 is 4.90 Å². The van der Waals surface area contributed by atoms with Crippen molar-refractivity contribution < 1.29 is 19.2 Å². The summed E-state index contributed by atoms with van der Waals surface area (Å²) in [7, 11) is 0. The number of piperidine rings is 1. The molecule has 6 nitrogen and oxygen atoms in total. The average molecular weight is 392 g/mol. The summed E-state index contributed by atoms with van der Waals surface area (Å²) < 4.78 is 0. The molecule has 0 bridgehead atoms. The third kappa shape index (κ3) is 4.16. The Hall–Kier alpha value is -3.15. The standard InChI is InChI=1S/C23H24N2O4/c1-16-12-14-24(15-13-16)20-8-6-18(7-9-20)17-2-4-19(5-3-17)23(28)29-25-21(26)10-11-22(25)27/h2-9,16H,10-15H2,1H3. The first-order valence-corrected chi connectivity index (χ1v) is 10.0. The van der Waals surface area contributed by atoms with Crippen LogP contribution in [-0.2, 0) is 14.4 Å². The van der Waals surface area contributed by atoms with E-state index in [-0.39, 0.29) is 12.8 Å². The SMILES string of the molecule is CC1CCN(c2ccc(-c3ccc(C(=O)ON4C(=O)CCC4=O)cc3)cc2)CC1. The fourth-order valence-electron chi connectivity index (χ4n) is 3.72. The molecule has 0 N–H and O–H groups in total. The molecule has 2 aliphatic rings. The molecule has 4 rings (SSSR count). The summed E-state index contributed by atoms with van der Waals surface area (Å²) in [5, 5.41) is 0.566. The van der Waals surface area contributed by atoms with Crippen LogP contribution in [0.2, 0.25) is 0 Å². The predicted octanol–water partition coefficient (Wildman–Crippen LogP) is 3.81. The van der Waals surface area contributed by atoms with Crippen LogP contribution in [0, 0.1) is 5.92 Å². The molecule has 150 valence electrons. The molecular formula is C23H24N2O4. The fraction of sp³-hybridized carbons (Fsp3) is 0.348. The summed E-state index contributed by atoms with van der Waals surface area (Å²) in [5.74, 6) is -0.876. The molecule has 2 amide bonds. The van der Waals surface area contributed by atoms with Crippen molar-refractivity contribution >= 4 is 23.5 Å². The van der Waals surface area contributed by atoms with Gasteiger partial charge in [-0.15, -0.1) is 5.06 Å². The van der Waals surface area contributed by atoms with Crippen LogP contribution in [0.1, 0.15) is 43.0 Å². The van der Waals surface area contributed by atoms with Gasteiger partial charge in [-0.05, 0) is 54.2 Å². The van der Waals surface area contributed by atoms with Gasteiger partial charge in [-0.1, -0.05) is 31.2 Å². The fourth-order valence-corrected chi connectivity index (χ4v) is 3.72. The minimum absolute atomic E-state index is 0.0809. The van der Waals surface area contributed by atoms with E-state index >= 15 is 0 Å². The maximum absolute atomic E-state index is 12.2. The summed E-state index contributed by atoms with van der Waals surface area (Å²) in [6.45, 7) is 4.50. The maximum Gasteiger partial charge on any atom is 0.363 e. The van der Waals surface area contributed by atoms with Crippen molar-refractivity contribution in [1.82, 2.24) is 5.06 Å². The van der Waals surface area contributed by atoms with E-state index in [1.807, 2.05) is 12.1 Å². The Labute approximate surface area is 170 Å². The van der Waals surface area contributed by atoms with Gasteiger partial charge in [0, 0.05) is 31.6 Å². The Morgan fingerprint density at radius 2 is 1.38 bits per heavy atom. The smallest absolute Gasteiger partial charge is 0.363 e. The second kappa shape index (κ2) is 8.07. The molecule has 6 heteroatoms. The first-order valence-electron chi connectivity index (χ1n) is 10.0. The summed E-state index contributed by atoms with van der Waals surface area (Å²) in [6, 6.07) is 15.4. The van der Waals surface area contributed by atoms with Crippen LogP contribution in [0.3, 0.4) is 0 Å². The molecule has 0 spiro atoms. The number of amides is 2. The molecule has 0 aliphatic carbocycles. The van der Waals surface area contributed by atoms with E-state index in [1.54, 1.807) is 12.1 Å². The Balaban J connectivity index is 1.41. The molecule has 2 aliphatic heterocycles. The van der Waals surface area contributed by atoms with Crippen LogP contribution in [0.15, 0.2) is 48.5 Å². The van der Waals surface area contributed by atoms with E-state index in [0.717, 1.165) is 30.1 Å². The average Bonchev–Trinajstić information content (AvgIpc) is 3.06. The van der Waals surface area contributed by atoms with Gasteiger partial charge in [-0.25, -0.2) is 4.79 Å². The summed E-state index contributed by atoms with van der Waals surface area (Å²) in [4.78, 5) is 42.7. The number of hydrogen-bond donors (Lipinski definition) is 0. The van der Waals surface area contributed by atoms with Gasteiger partial charge >= 0.3 is 5.97 Å². The minimum atomic E-state index is -0.713. The quantitative estimate of drug-likeness (QED) is 0.740. The van der Waals surface area contributed by atoms with Gasteiger partial charge in [-0.2, -0.15) is 0 Å². The lowest BCUT2D eigenvalue weighted by atomic mass is 9.98. The zero-order valence-corrected chi connectivity index (χ0v) is 16.5. The normalized spacial score (nSPS) is 17.7. The first kappa shape index (κ1) is 19.2. The molecule has 2 fully saturated rings. The molecule has 2 saturated heterocycles. The minimum Gasteiger partial charge on any atom is -0.372 e. The van der Waals surface area contributed by atoms with Gasteiger partial charge in [0.2, 0.25) is 0 Å². The van der Waals surface area contributed by atoms with Crippen LogP contribution in [0.5, 0.6) is 0 Å². The summed E-state index contributed by atoms with van der Waals surface area (Å²) >= 11 is 0. The number of imide groups is 1. The van der Waals surface area contributed by atoms with E-state index in [4.69, 9.17) is 4.84 Å². The van der Waals surface area contributed by atoms with E-state index in [2.05, 4.69) is 36.1 Å². The maximum atomic E-state index is 12.2. The Bertz CT molecular complexity index is 897. The Kier molecular flexibility index (Phi) is 5.34. The molecule has 0 atom stereocenters. The Morgan fingerprint density at radius 1 is 0.862 bits per heavy atom. The molecule has 0 aromatic heterocycles. The highest BCUT2D eigenvalue weighted by Gasteiger charge is 2.33. The van der Waals surface area contributed by atoms with Crippen molar-refractivity contribution in [1.29, 1.82) is 0 Å². The molecule has 0 radical (unpaired) electrons. The van der Waals surface area contributed by atoms with E-state index in [1.165, 1.54) is 18.5 Å². The molecule has 0 unspecified atom stereocenters. The zero-order valence-electron chi connectivity index (χ0n) is 16.5. The second-order valence-corrected chi connectivity index (χ2v) is 7.75. The van der Waals surface area contributed by atoms with Gasteiger partial charge < -0.3 is 9.74 Å². The van der Waals surface area contributed by atoms with Crippen molar-refractivity contribution in [2.75, 3.05) is 18.0 Å². The lowest BCUT2D eigenvalue weighted by Crippen LogP contribution is -2.32. The van der Waals surface area contributed by atoms with E-state index < -0.39 is 17.8 Å². The third-order valence-corrected chi connectivity index (χ3v) is 5.65. The molecule has 2 heterocycles. The van der Waals surface area contributed by atoms with Gasteiger partial charge in [0.1, 0.15) is 0 Å². The topological polar surface area (TPSA) is 66.9 Å². The van der Waals surface area contributed by atoms with Crippen LogP contribution in [0.25, 0.3) is 11.1 Å². The van der Waals surface area contributed by atoms with Crippen molar-refractivity contribution in [3.05, 3.63) is 54.1 Å². The largest absolute Gasteiger partial charge is 0.372 e. The van der Waals surface area contributed by atoms with Crippen molar-refractivity contribution in [3.8, 4) is 11.1 Å². The van der Waals surface area contributed by atoms with Crippen LogP contribution in [-0.4, -0.2) is 35.9 Å². The van der Waals surface area contributed by atoms with Gasteiger partial charge in [0.25, 0.3) is 11.8 Å². The number of rotatable bonds is 4. The highest BCUT2D eigenvalue weighted by atomic mass is 16.7. The van der Waals surface area contributed by atoms with E-state index in [0.29, 0.717) is 10.6 Å². The number of carbonyl (C=O) groups excluding carboxylic acids is 3. The monoisotopic (exact) mass is 392 g/mol. The lowest BCUT2D eigenvalue weighted by molar-refractivity contribution is -0.172. The van der Waals surface area contributed by atoms with Gasteiger partial charge in [0.15, 0.2) is 0 Å². The second-order valence-electron chi connectivity index (χ2n) is 7.75. The summed E-state index contributed by atoms with van der Waals surface area (Å²) in [6.07, 6.45) is 2.62. The number of hydrogen-bond acceptors (Lipinski definition) is 5. The molecule has 0 saturated carbocycles. The van der Waals surface area contributed by atoms with Crippen LogP contribution in [0.4, 0.5) is 5.69 Å². The van der Waals surface area contributed by atoms with Crippen LogP contribution >= 0.6 is 0 Å². The predicted molar refractivity (Wildman–Crippen MR) is 109 cm³/mol. The third-order valence-electron chi connectivity index (χ3n) is 5.65. The molecular weight excluding hydrogens is 368 g/mol. The molecule has 2 aromatic carbocycles. The Morgan fingerprint density at radius 3 is 1.93 bits per heavy atom. The summed E-state index contributed by atoms with van der Waals surface area (Å²) in [5.41, 5.74) is 3.57. The highest BCUT2D eigenvalue weighted by Crippen LogP contribution is 2.27. The number of nitrogens with zero attached hydrogens (tertiary/aromatic N) is 2. The number of hydroxylamine groups is 2. The van der Waals surface area contributed by atoms with Crippen molar-refractivity contribution in [2.45, 2.75) is 32.6 Å². The van der Waals surface area contributed by atoms with Crippen molar-refractivity contribution in [2.24, 2.45) is 5.92 Å². The number of carbonyl (C=O) groups is 3. The highest BCUT2D eigenvalue weighted by molar-refractivity contribution is 6.02. The van der Waals surface area contributed by atoms with Gasteiger partial charge in [0.05, 0.1) is 5.56 Å². The zero-order chi connectivity index (χ0) is 20.4. The number of benzene rings is 2. The lowest BCUT2D eigenvalue weighted by Gasteiger charge is -2.32. The van der Waals surface area contributed by atoms with E-state index in [9.17, 15) is 14.4 Å². The van der Waals surface area contributed by atoms with Gasteiger partial charge in [-0.3, -0.25) is 9.59 Å². The molecule has 29 heavy (non-hydrogen) atoms. The van der Waals surface area contributed by atoms with Crippen molar-refractivity contribution in [3.63, 3.8) is 0 Å².